The number of rotatable bonds is 5. The highest BCUT2D eigenvalue weighted by Gasteiger charge is 2.16. The molecule has 130 valence electrons. The first-order valence-electron chi connectivity index (χ1n) is 7.25. The highest BCUT2D eigenvalue weighted by molar-refractivity contribution is 7.94. The number of halogens is 2. The Kier molecular flexibility index (Phi) is 4.73. The van der Waals surface area contributed by atoms with Gasteiger partial charge in [0.05, 0.1) is 5.69 Å². The molecule has 3 rings (SSSR count). The summed E-state index contributed by atoms with van der Waals surface area (Å²) in [5.41, 5.74) is 1.06. The molecular formula is C17H14F2N2O2S2. The molecule has 0 fully saturated rings. The molecule has 8 heteroatoms. The van der Waals surface area contributed by atoms with E-state index in [1.807, 2.05) is 6.92 Å². The van der Waals surface area contributed by atoms with Gasteiger partial charge in [0.25, 0.3) is 10.0 Å². The Balaban J connectivity index is 1.74. The van der Waals surface area contributed by atoms with Crippen LogP contribution in [0.15, 0.2) is 58.8 Å². The van der Waals surface area contributed by atoms with Crippen LogP contribution in [0.1, 0.15) is 4.88 Å². The van der Waals surface area contributed by atoms with E-state index in [2.05, 4.69) is 10.0 Å². The van der Waals surface area contributed by atoms with E-state index in [1.165, 1.54) is 17.4 Å². The number of aryl methyl sites for hydroxylation is 1. The fraction of sp³-hybridized carbons (Fsp3) is 0.0588. The molecule has 0 unspecified atom stereocenters. The van der Waals surface area contributed by atoms with Crippen LogP contribution in [-0.2, 0) is 10.0 Å². The van der Waals surface area contributed by atoms with Crippen molar-refractivity contribution in [2.24, 2.45) is 0 Å². The van der Waals surface area contributed by atoms with Gasteiger partial charge in [0, 0.05) is 22.3 Å². The zero-order valence-corrected chi connectivity index (χ0v) is 14.7. The summed E-state index contributed by atoms with van der Waals surface area (Å²) in [6, 6.07) is 12.8. The number of nitrogens with one attached hydrogen (secondary N) is 2. The molecule has 0 atom stereocenters. The smallest absolute Gasteiger partial charge is 0.271 e. The molecule has 0 bridgehead atoms. The summed E-state index contributed by atoms with van der Waals surface area (Å²) in [5.74, 6) is -1.37. The maximum Gasteiger partial charge on any atom is 0.271 e. The largest absolute Gasteiger partial charge is 0.353 e. The molecule has 0 aliphatic heterocycles. The zero-order valence-electron chi connectivity index (χ0n) is 13.1. The van der Waals surface area contributed by atoms with Gasteiger partial charge in [-0.1, -0.05) is 0 Å². The van der Waals surface area contributed by atoms with Gasteiger partial charge in [0.15, 0.2) is 0 Å². The van der Waals surface area contributed by atoms with E-state index in [4.69, 9.17) is 0 Å². The standard InChI is InChI=1S/C17H14F2N2O2S2/c1-11-2-9-17(24-11)25(22,23)21-14-6-4-13(5-7-14)20-16-8-3-12(18)10-15(16)19/h2-10,20-21H,1H3. The second-order valence-electron chi connectivity index (χ2n) is 5.30. The summed E-state index contributed by atoms with van der Waals surface area (Å²) < 4.78 is 53.8. The Bertz CT molecular complexity index is 1000. The van der Waals surface area contributed by atoms with Gasteiger partial charge in [0.1, 0.15) is 15.8 Å². The normalized spacial score (nSPS) is 11.3. The van der Waals surface area contributed by atoms with Crippen LogP contribution >= 0.6 is 11.3 Å². The first kappa shape index (κ1) is 17.4. The van der Waals surface area contributed by atoms with Gasteiger partial charge in [-0.3, -0.25) is 4.72 Å². The van der Waals surface area contributed by atoms with Crippen molar-refractivity contribution in [1.29, 1.82) is 0 Å². The Labute approximate surface area is 148 Å². The van der Waals surface area contributed by atoms with E-state index in [0.717, 1.165) is 17.0 Å². The number of hydrogen-bond acceptors (Lipinski definition) is 4. The Morgan fingerprint density at radius 2 is 1.60 bits per heavy atom. The third-order valence-electron chi connectivity index (χ3n) is 3.33. The van der Waals surface area contributed by atoms with Crippen LogP contribution in [0.3, 0.4) is 0 Å². The number of benzene rings is 2. The lowest BCUT2D eigenvalue weighted by Crippen LogP contribution is -2.11. The van der Waals surface area contributed by atoms with E-state index in [9.17, 15) is 17.2 Å². The van der Waals surface area contributed by atoms with Gasteiger partial charge in [-0.05, 0) is 55.5 Å². The summed E-state index contributed by atoms with van der Waals surface area (Å²) in [7, 11) is -3.63. The molecule has 0 aliphatic carbocycles. The van der Waals surface area contributed by atoms with Crippen LogP contribution in [0.5, 0.6) is 0 Å². The van der Waals surface area contributed by atoms with Gasteiger partial charge in [0.2, 0.25) is 0 Å². The van der Waals surface area contributed by atoms with Gasteiger partial charge >= 0.3 is 0 Å². The molecule has 2 aromatic carbocycles. The molecule has 25 heavy (non-hydrogen) atoms. The predicted octanol–water partition coefficient (Wildman–Crippen LogP) is 4.88. The minimum Gasteiger partial charge on any atom is -0.353 e. The molecule has 0 spiro atoms. The van der Waals surface area contributed by atoms with Crippen molar-refractivity contribution in [2.45, 2.75) is 11.1 Å². The van der Waals surface area contributed by atoms with Crippen molar-refractivity contribution in [3.05, 3.63) is 71.1 Å². The van der Waals surface area contributed by atoms with Gasteiger partial charge < -0.3 is 5.32 Å². The van der Waals surface area contributed by atoms with Crippen molar-refractivity contribution in [3.63, 3.8) is 0 Å². The predicted molar refractivity (Wildman–Crippen MR) is 95.9 cm³/mol. The number of anilines is 3. The number of sulfonamides is 1. The summed E-state index contributed by atoms with van der Waals surface area (Å²) in [5, 5.41) is 2.81. The second kappa shape index (κ2) is 6.81. The third kappa shape index (κ3) is 4.15. The van der Waals surface area contributed by atoms with E-state index < -0.39 is 21.7 Å². The minimum absolute atomic E-state index is 0.129. The molecule has 1 aromatic heterocycles. The topological polar surface area (TPSA) is 58.2 Å². The van der Waals surface area contributed by atoms with E-state index in [1.54, 1.807) is 36.4 Å². The lowest BCUT2D eigenvalue weighted by Gasteiger charge is -2.10. The molecule has 2 N–H and O–H groups in total. The van der Waals surface area contributed by atoms with Gasteiger partial charge in [-0.25, -0.2) is 17.2 Å². The maximum absolute atomic E-state index is 13.6. The zero-order chi connectivity index (χ0) is 18.0. The van der Waals surface area contributed by atoms with Crippen molar-refractivity contribution < 1.29 is 17.2 Å². The first-order chi connectivity index (χ1) is 11.8. The fourth-order valence-electron chi connectivity index (χ4n) is 2.13. The van der Waals surface area contributed by atoms with Crippen LogP contribution in [-0.4, -0.2) is 8.42 Å². The molecule has 3 aromatic rings. The summed E-state index contributed by atoms with van der Waals surface area (Å²) in [6.45, 7) is 1.83. The summed E-state index contributed by atoms with van der Waals surface area (Å²) in [4.78, 5) is 0.904. The van der Waals surface area contributed by atoms with Crippen molar-refractivity contribution in [3.8, 4) is 0 Å². The molecule has 1 heterocycles. The van der Waals surface area contributed by atoms with Crippen LogP contribution in [0.4, 0.5) is 25.8 Å². The maximum atomic E-state index is 13.6. The van der Waals surface area contributed by atoms with Gasteiger partial charge in [-0.2, -0.15) is 0 Å². The summed E-state index contributed by atoms with van der Waals surface area (Å²) >= 11 is 1.19. The Hall–Kier alpha value is -2.45. The highest BCUT2D eigenvalue weighted by atomic mass is 32.2. The quantitative estimate of drug-likeness (QED) is 0.663. The van der Waals surface area contributed by atoms with Crippen LogP contribution in [0, 0.1) is 18.6 Å². The molecule has 0 saturated heterocycles. The van der Waals surface area contributed by atoms with Gasteiger partial charge in [-0.15, -0.1) is 11.3 Å². The van der Waals surface area contributed by atoms with E-state index in [0.29, 0.717) is 11.4 Å². The molecule has 0 radical (unpaired) electrons. The van der Waals surface area contributed by atoms with Crippen LogP contribution in [0.2, 0.25) is 0 Å². The van der Waals surface area contributed by atoms with Crippen LogP contribution in [0.25, 0.3) is 0 Å². The Morgan fingerprint density at radius 3 is 2.20 bits per heavy atom. The SMILES string of the molecule is Cc1ccc(S(=O)(=O)Nc2ccc(Nc3ccc(F)cc3F)cc2)s1. The molecular weight excluding hydrogens is 366 g/mol. The minimum atomic E-state index is -3.63. The lowest BCUT2D eigenvalue weighted by molar-refractivity contribution is 0.586. The van der Waals surface area contributed by atoms with Crippen molar-refractivity contribution in [2.75, 3.05) is 10.0 Å². The highest BCUT2D eigenvalue weighted by Crippen LogP contribution is 2.25. The molecule has 0 aliphatic rings. The average Bonchev–Trinajstić information content (AvgIpc) is 2.99. The van der Waals surface area contributed by atoms with E-state index in [-0.39, 0.29) is 9.90 Å². The average molecular weight is 380 g/mol. The first-order valence-corrected chi connectivity index (χ1v) is 9.55. The lowest BCUT2D eigenvalue weighted by atomic mass is 10.2. The monoisotopic (exact) mass is 380 g/mol. The third-order valence-corrected chi connectivity index (χ3v) is 6.20. The van der Waals surface area contributed by atoms with Crippen molar-refractivity contribution >= 4 is 38.4 Å². The number of thiophene rings is 1. The number of hydrogen-bond donors (Lipinski definition) is 2. The second-order valence-corrected chi connectivity index (χ2v) is 8.49. The fourth-order valence-corrected chi connectivity index (χ4v) is 4.47. The Morgan fingerprint density at radius 1 is 0.920 bits per heavy atom. The molecule has 4 nitrogen and oxygen atoms in total. The van der Waals surface area contributed by atoms with E-state index >= 15 is 0 Å². The summed E-state index contributed by atoms with van der Waals surface area (Å²) in [6.07, 6.45) is 0. The molecule has 0 amide bonds. The van der Waals surface area contributed by atoms with Crippen molar-refractivity contribution in [1.82, 2.24) is 0 Å². The van der Waals surface area contributed by atoms with Crippen LogP contribution < -0.4 is 10.0 Å². The molecule has 0 saturated carbocycles.